The maximum absolute atomic E-state index is 12.3. The molecule has 146 valence electrons. The molecular formula is C22H22O6. The predicted molar refractivity (Wildman–Crippen MR) is 104 cm³/mol. The lowest BCUT2D eigenvalue weighted by Gasteiger charge is -2.25. The van der Waals surface area contributed by atoms with Gasteiger partial charge in [0.1, 0.15) is 28.9 Å². The van der Waals surface area contributed by atoms with Gasteiger partial charge in [0.05, 0.1) is 5.39 Å². The highest BCUT2D eigenvalue weighted by molar-refractivity contribution is 5.88. The number of phenols is 1. The zero-order valence-corrected chi connectivity index (χ0v) is 15.6. The van der Waals surface area contributed by atoms with Gasteiger partial charge in [-0.25, -0.2) is 4.79 Å². The van der Waals surface area contributed by atoms with E-state index in [2.05, 4.69) is 0 Å². The molecule has 1 aromatic heterocycles. The summed E-state index contributed by atoms with van der Waals surface area (Å²) in [5.41, 5.74) is 1.83. The monoisotopic (exact) mass is 382 g/mol. The zero-order chi connectivity index (χ0) is 19.7. The summed E-state index contributed by atoms with van der Waals surface area (Å²) in [6.45, 7) is 1.56. The molecule has 2 atom stereocenters. The van der Waals surface area contributed by atoms with Crippen LogP contribution in [0.1, 0.15) is 30.9 Å². The molecule has 6 nitrogen and oxygen atoms in total. The molecule has 3 aromatic rings. The Morgan fingerprint density at radius 2 is 1.79 bits per heavy atom. The van der Waals surface area contributed by atoms with Crippen molar-refractivity contribution < 1.29 is 24.1 Å². The number of rotatable bonds is 5. The van der Waals surface area contributed by atoms with E-state index in [9.17, 15) is 15.0 Å². The summed E-state index contributed by atoms with van der Waals surface area (Å²) < 4.78 is 17.3. The summed E-state index contributed by atoms with van der Waals surface area (Å²) in [6, 6.07) is 11.6. The Bertz CT molecular complexity index is 1050. The van der Waals surface area contributed by atoms with Crippen molar-refractivity contribution in [1.29, 1.82) is 0 Å². The molecule has 0 radical (unpaired) electrons. The molecule has 1 aliphatic rings. The van der Waals surface area contributed by atoms with Crippen LogP contribution < -0.4 is 15.1 Å². The first-order valence-corrected chi connectivity index (χ1v) is 9.41. The first-order valence-electron chi connectivity index (χ1n) is 9.41. The molecule has 0 fully saturated rings. The number of hydrogen-bond acceptors (Lipinski definition) is 6. The number of aromatic hydroxyl groups is 1. The number of aryl methyl sites for hydroxylation is 1. The number of phenolic OH excluding ortho intramolecular Hbond substituents is 1. The Hall–Kier alpha value is -2.99. The van der Waals surface area contributed by atoms with Crippen LogP contribution in [0.15, 0.2) is 51.7 Å². The van der Waals surface area contributed by atoms with Crippen molar-refractivity contribution in [1.82, 2.24) is 0 Å². The van der Waals surface area contributed by atoms with Crippen molar-refractivity contribution in [2.45, 2.75) is 45.0 Å². The van der Waals surface area contributed by atoms with Crippen LogP contribution in [-0.4, -0.2) is 22.6 Å². The first kappa shape index (κ1) is 18.4. The van der Waals surface area contributed by atoms with Crippen LogP contribution in [0, 0.1) is 0 Å². The van der Waals surface area contributed by atoms with E-state index in [0.29, 0.717) is 29.1 Å². The Balaban J connectivity index is 1.74. The van der Waals surface area contributed by atoms with Crippen LogP contribution in [-0.2, 0) is 12.8 Å². The maximum Gasteiger partial charge on any atom is 0.339 e. The fourth-order valence-corrected chi connectivity index (χ4v) is 3.60. The summed E-state index contributed by atoms with van der Waals surface area (Å²) in [5, 5.41) is 20.6. The van der Waals surface area contributed by atoms with Crippen LogP contribution in [0.4, 0.5) is 0 Å². The number of benzene rings is 2. The molecule has 1 aliphatic carbocycles. The van der Waals surface area contributed by atoms with Crippen molar-refractivity contribution in [3.63, 3.8) is 0 Å². The molecule has 1 heterocycles. The van der Waals surface area contributed by atoms with Gasteiger partial charge in [-0.1, -0.05) is 12.1 Å². The smallest absolute Gasteiger partial charge is 0.339 e. The minimum absolute atomic E-state index is 0.0582. The first-order chi connectivity index (χ1) is 13.5. The number of hydrogen-bond donors (Lipinski definition) is 2. The van der Waals surface area contributed by atoms with Gasteiger partial charge in [-0.2, -0.15) is 0 Å². The van der Waals surface area contributed by atoms with Gasteiger partial charge in [-0.15, -0.1) is 0 Å². The summed E-state index contributed by atoms with van der Waals surface area (Å²) >= 11 is 0. The van der Waals surface area contributed by atoms with E-state index in [1.165, 1.54) is 12.1 Å². The second kappa shape index (κ2) is 7.56. The molecule has 28 heavy (non-hydrogen) atoms. The second-order valence-corrected chi connectivity index (χ2v) is 7.03. The van der Waals surface area contributed by atoms with Gasteiger partial charge in [0, 0.05) is 11.6 Å². The maximum atomic E-state index is 12.3. The van der Waals surface area contributed by atoms with Gasteiger partial charge >= 0.3 is 5.63 Å². The van der Waals surface area contributed by atoms with E-state index in [1.807, 2.05) is 0 Å². The van der Waals surface area contributed by atoms with Crippen LogP contribution in [0.2, 0.25) is 0 Å². The van der Waals surface area contributed by atoms with Crippen molar-refractivity contribution >= 4 is 11.0 Å². The van der Waals surface area contributed by atoms with Gasteiger partial charge in [0.2, 0.25) is 0 Å². The predicted octanol–water partition coefficient (Wildman–Crippen LogP) is 3.54. The Labute approximate surface area is 162 Å². The Kier molecular flexibility index (Phi) is 4.96. The lowest BCUT2D eigenvalue weighted by Crippen LogP contribution is -2.35. The standard InChI is InChI=1S/C22H22O6/c1-13(23)22(26-15-7-4-6-14(24)12-15)28-19-11-5-10-18-20(19)16-8-2-3-9-17(16)21(25)27-18/h4-7,10-13,22-24H,2-3,8-9H2,1H3. The number of aliphatic hydroxyl groups is 1. The van der Waals surface area contributed by atoms with Crippen molar-refractivity contribution in [3.8, 4) is 17.2 Å². The second-order valence-electron chi connectivity index (χ2n) is 7.03. The third kappa shape index (κ3) is 3.55. The third-order valence-corrected chi connectivity index (χ3v) is 4.91. The summed E-state index contributed by atoms with van der Waals surface area (Å²) in [4.78, 5) is 12.3. The molecule has 2 unspecified atom stereocenters. The molecule has 0 saturated carbocycles. The van der Waals surface area contributed by atoms with Crippen LogP contribution in [0.5, 0.6) is 17.2 Å². The van der Waals surface area contributed by atoms with Gasteiger partial charge in [-0.3, -0.25) is 0 Å². The van der Waals surface area contributed by atoms with Crippen molar-refractivity contribution in [2.24, 2.45) is 0 Å². The Morgan fingerprint density at radius 3 is 2.54 bits per heavy atom. The topological polar surface area (TPSA) is 89.1 Å². The summed E-state index contributed by atoms with van der Waals surface area (Å²) in [7, 11) is 0. The van der Waals surface area contributed by atoms with Gasteiger partial charge in [0.25, 0.3) is 6.29 Å². The van der Waals surface area contributed by atoms with E-state index in [-0.39, 0.29) is 11.4 Å². The van der Waals surface area contributed by atoms with Gasteiger partial charge in [-0.05, 0) is 62.4 Å². The molecule has 2 aromatic carbocycles. The van der Waals surface area contributed by atoms with E-state index in [0.717, 1.165) is 30.2 Å². The third-order valence-electron chi connectivity index (χ3n) is 4.91. The molecule has 0 spiro atoms. The highest BCUT2D eigenvalue weighted by Gasteiger charge is 2.24. The van der Waals surface area contributed by atoms with E-state index in [4.69, 9.17) is 13.9 Å². The molecule has 2 N–H and O–H groups in total. The summed E-state index contributed by atoms with van der Waals surface area (Å²) in [6.07, 6.45) is 1.50. The Morgan fingerprint density at radius 1 is 1.04 bits per heavy atom. The molecule has 0 bridgehead atoms. The fourth-order valence-electron chi connectivity index (χ4n) is 3.60. The normalized spacial score (nSPS) is 15.6. The molecule has 6 heteroatoms. The quantitative estimate of drug-likeness (QED) is 0.518. The minimum atomic E-state index is -1.00. The van der Waals surface area contributed by atoms with Crippen molar-refractivity contribution in [2.75, 3.05) is 0 Å². The van der Waals surface area contributed by atoms with E-state index < -0.39 is 12.4 Å². The summed E-state index contributed by atoms with van der Waals surface area (Å²) in [5.74, 6) is 0.924. The number of ether oxygens (including phenoxy) is 2. The van der Waals surface area contributed by atoms with Crippen LogP contribution in [0.25, 0.3) is 11.0 Å². The molecule has 0 aliphatic heterocycles. The number of fused-ring (bicyclic) bond motifs is 3. The van der Waals surface area contributed by atoms with Gasteiger partial charge in [0.15, 0.2) is 0 Å². The lowest BCUT2D eigenvalue weighted by atomic mass is 9.90. The lowest BCUT2D eigenvalue weighted by molar-refractivity contribution is -0.0771. The largest absolute Gasteiger partial charge is 0.508 e. The van der Waals surface area contributed by atoms with Gasteiger partial charge < -0.3 is 24.1 Å². The SMILES string of the molecule is CC(O)C(Oc1cccc(O)c1)Oc1cccc2oc(=O)c3c(c12)CCCC3. The average Bonchev–Trinajstić information content (AvgIpc) is 2.67. The molecule has 0 amide bonds. The highest BCUT2D eigenvalue weighted by atomic mass is 16.7. The van der Waals surface area contributed by atoms with E-state index in [1.54, 1.807) is 37.3 Å². The van der Waals surface area contributed by atoms with Crippen LogP contribution in [0.3, 0.4) is 0 Å². The molecule has 0 saturated heterocycles. The minimum Gasteiger partial charge on any atom is -0.508 e. The number of aliphatic hydroxyl groups excluding tert-OH is 1. The highest BCUT2D eigenvalue weighted by Crippen LogP contribution is 2.34. The molecular weight excluding hydrogens is 360 g/mol. The van der Waals surface area contributed by atoms with Crippen LogP contribution >= 0.6 is 0 Å². The van der Waals surface area contributed by atoms with E-state index >= 15 is 0 Å². The average molecular weight is 382 g/mol. The van der Waals surface area contributed by atoms with Crippen molar-refractivity contribution in [3.05, 3.63) is 64.0 Å². The molecule has 4 rings (SSSR count). The fraction of sp³-hybridized carbons (Fsp3) is 0.318. The zero-order valence-electron chi connectivity index (χ0n) is 15.6.